The summed E-state index contributed by atoms with van der Waals surface area (Å²) in [6, 6.07) is 18.2. The maximum absolute atomic E-state index is 12.4. The average Bonchev–Trinajstić information content (AvgIpc) is 3.35. The van der Waals surface area contributed by atoms with E-state index in [1.165, 1.54) is 15.3 Å². The molecule has 1 amide bonds. The minimum Gasteiger partial charge on any atom is -0.441 e. The first kappa shape index (κ1) is 19.0. The number of aryl methyl sites for hydroxylation is 1. The molecule has 0 aliphatic carbocycles. The number of benzene rings is 2. The third kappa shape index (κ3) is 4.27. The third-order valence-corrected chi connectivity index (χ3v) is 6.36. The number of fused-ring (bicyclic) bond motifs is 2. The highest BCUT2D eigenvalue weighted by molar-refractivity contribution is 7.15. The molecule has 3 heterocycles. The molecule has 1 atom stereocenters. The van der Waals surface area contributed by atoms with Gasteiger partial charge in [-0.15, -0.1) is 0 Å². The molecule has 0 saturated heterocycles. The number of para-hydroxylation sites is 2. The van der Waals surface area contributed by atoms with E-state index < -0.39 is 0 Å². The molecule has 2 N–H and O–H groups in total. The second-order valence-corrected chi connectivity index (χ2v) is 8.69. The number of quaternary nitrogens is 1. The van der Waals surface area contributed by atoms with E-state index in [2.05, 4.69) is 45.6 Å². The fraction of sp³-hybridized carbons (Fsp3) is 0.261. The lowest BCUT2D eigenvalue weighted by Crippen LogP contribution is -3.10. The van der Waals surface area contributed by atoms with Gasteiger partial charge >= 0.3 is 0 Å². The number of nitrogens with zero attached hydrogens (tertiary/aromatic N) is 2. The number of anilines is 1. The van der Waals surface area contributed by atoms with Crippen LogP contribution < -0.4 is 10.2 Å². The molecule has 0 radical (unpaired) electrons. The standard InChI is InChI=1S/C23H22N4O2S/c28-21(10-11-22-24-17-8-4-5-9-19(17)29-22)26-23-25-18-12-13-27(15-20(18)30-23)14-16-6-2-1-3-7-16/h1-9H,10-15H2,(H,25,26,28)/p+1. The van der Waals surface area contributed by atoms with E-state index in [1.807, 2.05) is 24.3 Å². The fourth-order valence-electron chi connectivity index (χ4n) is 3.85. The van der Waals surface area contributed by atoms with Crippen LogP contribution in [0.2, 0.25) is 0 Å². The molecule has 6 nitrogen and oxygen atoms in total. The van der Waals surface area contributed by atoms with Gasteiger partial charge in [0.25, 0.3) is 0 Å². The molecular formula is C23H23N4O2S+. The summed E-state index contributed by atoms with van der Waals surface area (Å²) in [7, 11) is 0. The van der Waals surface area contributed by atoms with Crippen LogP contribution in [0.1, 0.15) is 28.4 Å². The number of carbonyl (C=O) groups is 1. The van der Waals surface area contributed by atoms with Crippen molar-refractivity contribution < 1.29 is 14.1 Å². The lowest BCUT2D eigenvalue weighted by molar-refractivity contribution is -0.929. The van der Waals surface area contributed by atoms with E-state index in [9.17, 15) is 4.79 Å². The molecule has 1 aliphatic rings. The second kappa shape index (κ2) is 8.38. The molecule has 2 aromatic carbocycles. The first-order valence-corrected chi connectivity index (χ1v) is 11.0. The van der Waals surface area contributed by atoms with Crippen LogP contribution in [0.15, 0.2) is 59.0 Å². The Bertz CT molecular complexity index is 1140. The third-order valence-electron chi connectivity index (χ3n) is 5.35. The van der Waals surface area contributed by atoms with Gasteiger partial charge in [0.2, 0.25) is 5.91 Å². The first-order chi connectivity index (χ1) is 14.7. The van der Waals surface area contributed by atoms with E-state index in [-0.39, 0.29) is 5.91 Å². The van der Waals surface area contributed by atoms with Gasteiger partial charge in [-0.05, 0) is 12.1 Å². The molecule has 1 unspecified atom stereocenters. The van der Waals surface area contributed by atoms with E-state index in [0.29, 0.717) is 23.9 Å². The highest BCUT2D eigenvalue weighted by Crippen LogP contribution is 2.25. The molecule has 0 fully saturated rings. The molecule has 1 aliphatic heterocycles. The second-order valence-electron chi connectivity index (χ2n) is 7.60. The largest absolute Gasteiger partial charge is 0.441 e. The maximum Gasteiger partial charge on any atom is 0.226 e. The molecule has 4 aromatic rings. The Morgan fingerprint density at radius 3 is 2.80 bits per heavy atom. The number of nitrogens with one attached hydrogen (secondary N) is 2. The first-order valence-electron chi connectivity index (χ1n) is 10.2. The van der Waals surface area contributed by atoms with Crippen LogP contribution in [0.4, 0.5) is 5.13 Å². The van der Waals surface area contributed by atoms with Crippen molar-refractivity contribution in [1.82, 2.24) is 9.97 Å². The molecular weight excluding hydrogens is 396 g/mol. The van der Waals surface area contributed by atoms with E-state index in [0.717, 1.165) is 42.8 Å². The Kier molecular flexibility index (Phi) is 5.29. The Hall–Kier alpha value is -3.03. The number of aromatic nitrogens is 2. The van der Waals surface area contributed by atoms with Crippen LogP contribution in [0, 0.1) is 0 Å². The summed E-state index contributed by atoms with van der Waals surface area (Å²) in [5.41, 5.74) is 4.06. The van der Waals surface area contributed by atoms with Crippen molar-refractivity contribution in [2.75, 3.05) is 11.9 Å². The number of hydrogen-bond donors (Lipinski definition) is 2. The summed E-state index contributed by atoms with van der Waals surface area (Å²) in [4.78, 5) is 24.3. The average molecular weight is 420 g/mol. The molecule has 30 heavy (non-hydrogen) atoms. The van der Waals surface area contributed by atoms with Crippen molar-refractivity contribution in [3.8, 4) is 0 Å². The van der Waals surface area contributed by atoms with Crippen molar-refractivity contribution in [3.05, 3.63) is 76.6 Å². The van der Waals surface area contributed by atoms with Gasteiger partial charge in [-0.3, -0.25) is 4.79 Å². The van der Waals surface area contributed by atoms with E-state index >= 15 is 0 Å². The van der Waals surface area contributed by atoms with E-state index in [1.54, 1.807) is 11.3 Å². The van der Waals surface area contributed by atoms with Gasteiger partial charge in [-0.1, -0.05) is 53.8 Å². The topological polar surface area (TPSA) is 72.5 Å². The number of thiazole rings is 1. The Balaban J connectivity index is 1.17. The molecule has 0 saturated carbocycles. The van der Waals surface area contributed by atoms with Crippen molar-refractivity contribution in [3.63, 3.8) is 0 Å². The molecule has 5 rings (SSSR count). The Labute approximate surface area is 178 Å². The lowest BCUT2D eigenvalue weighted by atomic mass is 10.1. The normalized spacial score (nSPS) is 15.8. The Morgan fingerprint density at radius 1 is 1.10 bits per heavy atom. The number of rotatable bonds is 6. The smallest absolute Gasteiger partial charge is 0.226 e. The van der Waals surface area contributed by atoms with Gasteiger partial charge in [0.15, 0.2) is 16.6 Å². The molecule has 7 heteroatoms. The van der Waals surface area contributed by atoms with Crippen molar-refractivity contribution >= 4 is 33.5 Å². The van der Waals surface area contributed by atoms with Gasteiger partial charge in [-0.25, -0.2) is 9.97 Å². The predicted octanol–water partition coefficient (Wildman–Crippen LogP) is 3.00. The predicted molar refractivity (Wildman–Crippen MR) is 116 cm³/mol. The van der Waals surface area contributed by atoms with Crippen LogP contribution in [0.5, 0.6) is 0 Å². The summed E-state index contributed by atoms with van der Waals surface area (Å²) in [5.74, 6) is 0.529. The van der Waals surface area contributed by atoms with Crippen molar-refractivity contribution in [2.45, 2.75) is 32.4 Å². The highest BCUT2D eigenvalue weighted by atomic mass is 32.1. The minimum atomic E-state index is -0.0585. The number of oxazole rings is 1. The zero-order chi connectivity index (χ0) is 20.3. The molecule has 2 aromatic heterocycles. The van der Waals surface area contributed by atoms with Crippen LogP contribution in [0.3, 0.4) is 0 Å². The maximum atomic E-state index is 12.4. The molecule has 0 bridgehead atoms. The Morgan fingerprint density at radius 2 is 1.93 bits per heavy atom. The van der Waals surface area contributed by atoms with Crippen LogP contribution in [0.25, 0.3) is 11.1 Å². The zero-order valence-corrected chi connectivity index (χ0v) is 17.4. The summed E-state index contributed by atoms with van der Waals surface area (Å²) in [5, 5.41) is 3.66. The minimum absolute atomic E-state index is 0.0585. The summed E-state index contributed by atoms with van der Waals surface area (Å²) in [6.45, 7) is 3.04. The SMILES string of the molecule is O=C(CCc1nc2ccccc2o1)Nc1nc2c(s1)C[NH+](Cc1ccccc1)CC2. The van der Waals surface area contributed by atoms with E-state index in [4.69, 9.17) is 4.42 Å². The fourth-order valence-corrected chi connectivity index (χ4v) is 4.94. The zero-order valence-electron chi connectivity index (χ0n) is 16.6. The summed E-state index contributed by atoms with van der Waals surface area (Å²) in [6.07, 6.45) is 1.75. The monoisotopic (exact) mass is 419 g/mol. The summed E-state index contributed by atoms with van der Waals surface area (Å²) >= 11 is 1.60. The van der Waals surface area contributed by atoms with Crippen LogP contribution in [-0.4, -0.2) is 22.4 Å². The van der Waals surface area contributed by atoms with Crippen molar-refractivity contribution in [2.24, 2.45) is 0 Å². The van der Waals surface area contributed by atoms with Gasteiger partial charge in [0.1, 0.15) is 18.6 Å². The molecule has 152 valence electrons. The van der Waals surface area contributed by atoms with Gasteiger partial charge in [0, 0.05) is 24.8 Å². The highest BCUT2D eigenvalue weighted by Gasteiger charge is 2.24. The van der Waals surface area contributed by atoms with Gasteiger partial charge in [0.05, 0.1) is 17.1 Å². The quantitative estimate of drug-likeness (QED) is 0.504. The van der Waals surface area contributed by atoms with Gasteiger partial charge < -0.3 is 14.6 Å². The van der Waals surface area contributed by atoms with Crippen LogP contribution >= 0.6 is 11.3 Å². The summed E-state index contributed by atoms with van der Waals surface area (Å²) < 4.78 is 5.69. The van der Waals surface area contributed by atoms with Crippen LogP contribution in [-0.2, 0) is 30.7 Å². The number of hydrogen-bond acceptors (Lipinski definition) is 5. The van der Waals surface area contributed by atoms with Crippen molar-refractivity contribution in [1.29, 1.82) is 0 Å². The van der Waals surface area contributed by atoms with Gasteiger partial charge in [-0.2, -0.15) is 0 Å². The molecule has 0 spiro atoms. The lowest BCUT2D eigenvalue weighted by Gasteiger charge is -2.22. The number of amides is 1. The number of carbonyl (C=O) groups excluding carboxylic acids is 1.